The van der Waals surface area contributed by atoms with Crippen molar-refractivity contribution >= 4 is 17.3 Å². The highest BCUT2D eigenvalue weighted by Crippen LogP contribution is 2.48. The molecule has 1 N–H and O–H groups in total. The average Bonchev–Trinajstić information content (AvgIpc) is 2.25. The molecule has 0 aromatic heterocycles. The molecule has 3 nitrogen and oxygen atoms in total. The number of nitrogens with zero attached hydrogens (tertiary/aromatic N) is 1. The third-order valence-electron chi connectivity index (χ3n) is 4.24. The van der Waals surface area contributed by atoms with Crippen LogP contribution in [0.15, 0.2) is 18.2 Å². The lowest BCUT2D eigenvalue weighted by Crippen LogP contribution is -2.65. The molecule has 0 atom stereocenters. The molecule has 3 heteroatoms. The van der Waals surface area contributed by atoms with Crippen LogP contribution in [0, 0.1) is 6.92 Å². The SMILES string of the molecule is Cc1ccc2c(c1)N(C(C)C)C1(CCC1)C(=O)N2. The Kier molecular flexibility index (Phi) is 2.40. The number of hydrogen-bond donors (Lipinski definition) is 1. The number of fused-ring (bicyclic) bond motifs is 1. The van der Waals surface area contributed by atoms with E-state index in [-0.39, 0.29) is 11.4 Å². The van der Waals surface area contributed by atoms with Crippen LogP contribution in [0.5, 0.6) is 0 Å². The second kappa shape index (κ2) is 3.74. The number of aryl methyl sites for hydroxylation is 1. The minimum Gasteiger partial charge on any atom is -0.353 e. The molecule has 1 amide bonds. The van der Waals surface area contributed by atoms with E-state index in [1.807, 2.05) is 6.07 Å². The van der Waals surface area contributed by atoms with Gasteiger partial charge in [-0.3, -0.25) is 4.79 Å². The molecular formula is C15H20N2O. The maximum Gasteiger partial charge on any atom is 0.250 e. The first-order valence-electron chi connectivity index (χ1n) is 6.76. The van der Waals surface area contributed by atoms with E-state index < -0.39 is 0 Å². The van der Waals surface area contributed by atoms with Crippen molar-refractivity contribution in [1.29, 1.82) is 0 Å². The van der Waals surface area contributed by atoms with Crippen molar-refractivity contribution in [2.75, 3.05) is 10.2 Å². The second-order valence-corrected chi connectivity index (χ2v) is 5.82. The fourth-order valence-corrected chi connectivity index (χ4v) is 3.28. The molecule has 1 heterocycles. The number of carbonyl (C=O) groups excluding carboxylic acids is 1. The van der Waals surface area contributed by atoms with Crippen molar-refractivity contribution in [2.24, 2.45) is 0 Å². The zero-order chi connectivity index (χ0) is 12.9. The predicted molar refractivity (Wildman–Crippen MR) is 74.0 cm³/mol. The third kappa shape index (κ3) is 1.39. The molecule has 0 bridgehead atoms. The molecule has 18 heavy (non-hydrogen) atoms. The number of amides is 1. The molecule has 1 saturated carbocycles. The highest BCUT2D eigenvalue weighted by molar-refractivity contribution is 6.07. The van der Waals surface area contributed by atoms with Gasteiger partial charge in [0, 0.05) is 6.04 Å². The largest absolute Gasteiger partial charge is 0.353 e. The van der Waals surface area contributed by atoms with E-state index in [1.54, 1.807) is 0 Å². The van der Waals surface area contributed by atoms with Gasteiger partial charge in [0.25, 0.3) is 0 Å². The zero-order valence-electron chi connectivity index (χ0n) is 11.3. The Morgan fingerprint density at radius 1 is 1.33 bits per heavy atom. The number of rotatable bonds is 1. The number of anilines is 2. The Balaban J connectivity index is 2.16. The van der Waals surface area contributed by atoms with Crippen molar-refractivity contribution in [3.05, 3.63) is 23.8 Å². The molecule has 1 aromatic carbocycles. The summed E-state index contributed by atoms with van der Waals surface area (Å²) in [6.45, 7) is 6.44. The first-order valence-corrected chi connectivity index (χ1v) is 6.76. The van der Waals surface area contributed by atoms with Crippen molar-refractivity contribution in [3.63, 3.8) is 0 Å². The minimum atomic E-state index is -0.283. The van der Waals surface area contributed by atoms with Gasteiger partial charge in [0.2, 0.25) is 5.91 Å². The van der Waals surface area contributed by atoms with Gasteiger partial charge in [0.05, 0.1) is 11.4 Å². The molecule has 0 unspecified atom stereocenters. The fourth-order valence-electron chi connectivity index (χ4n) is 3.28. The van der Waals surface area contributed by atoms with Gasteiger partial charge in [-0.25, -0.2) is 0 Å². The Labute approximate surface area is 108 Å². The normalized spacial score (nSPS) is 20.7. The molecule has 1 fully saturated rings. The predicted octanol–water partition coefficient (Wildman–Crippen LogP) is 3.08. The van der Waals surface area contributed by atoms with Crippen LogP contribution in [-0.2, 0) is 4.79 Å². The summed E-state index contributed by atoms with van der Waals surface area (Å²) in [6.07, 6.45) is 3.10. The van der Waals surface area contributed by atoms with Gasteiger partial charge in [-0.15, -0.1) is 0 Å². The van der Waals surface area contributed by atoms with Crippen LogP contribution < -0.4 is 10.2 Å². The molecule has 0 radical (unpaired) electrons. The summed E-state index contributed by atoms with van der Waals surface area (Å²) in [4.78, 5) is 14.7. The topological polar surface area (TPSA) is 32.3 Å². The molecular weight excluding hydrogens is 224 g/mol. The monoisotopic (exact) mass is 244 g/mol. The van der Waals surface area contributed by atoms with E-state index >= 15 is 0 Å². The maximum atomic E-state index is 12.4. The van der Waals surface area contributed by atoms with Crippen LogP contribution >= 0.6 is 0 Å². The minimum absolute atomic E-state index is 0.179. The number of hydrogen-bond acceptors (Lipinski definition) is 2. The number of benzene rings is 1. The van der Waals surface area contributed by atoms with Crippen molar-refractivity contribution in [1.82, 2.24) is 0 Å². The summed E-state index contributed by atoms with van der Waals surface area (Å²) in [7, 11) is 0. The summed E-state index contributed by atoms with van der Waals surface area (Å²) in [5.41, 5.74) is 3.10. The van der Waals surface area contributed by atoms with Crippen molar-refractivity contribution in [2.45, 2.75) is 51.6 Å². The molecule has 1 aliphatic heterocycles. The summed E-state index contributed by atoms with van der Waals surface area (Å²) in [6, 6.07) is 6.60. The summed E-state index contributed by atoms with van der Waals surface area (Å²) < 4.78 is 0. The Hall–Kier alpha value is -1.51. The van der Waals surface area contributed by atoms with Crippen LogP contribution in [0.2, 0.25) is 0 Å². The lowest BCUT2D eigenvalue weighted by atomic mass is 9.72. The lowest BCUT2D eigenvalue weighted by molar-refractivity contribution is -0.124. The molecule has 1 spiro atoms. The average molecular weight is 244 g/mol. The van der Waals surface area contributed by atoms with E-state index in [9.17, 15) is 4.79 Å². The van der Waals surface area contributed by atoms with E-state index in [1.165, 1.54) is 11.3 Å². The van der Waals surface area contributed by atoms with Gasteiger partial charge in [-0.2, -0.15) is 0 Å². The van der Waals surface area contributed by atoms with Gasteiger partial charge in [0.1, 0.15) is 5.54 Å². The fraction of sp³-hybridized carbons (Fsp3) is 0.533. The number of carbonyl (C=O) groups is 1. The smallest absolute Gasteiger partial charge is 0.250 e. The standard InChI is InChI=1S/C15H20N2O/c1-10(2)17-13-9-11(3)5-6-12(13)16-14(18)15(17)7-4-8-15/h5-6,9-10H,4,7-8H2,1-3H3,(H,16,18). The van der Waals surface area contributed by atoms with Crippen LogP contribution in [0.3, 0.4) is 0 Å². The van der Waals surface area contributed by atoms with Crippen LogP contribution in [0.1, 0.15) is 38.7 Å². The van der Waals surface area contributed by atoms with Gasteiger partial charge in [0.15, 0.2) is 0 Å². The Morgan fingerprint density at radius 2 is 2.06 bits per heavy atom. The maximum absolute atomic E-state index is 12.4. The molecule has 1 aromatic rings. The summed E-state index contributed by atoms with van der Waals surface area (Å²) in [5.74, 6) is 0.179. The molecule has 96 valence electrons. The quantitative estimate of drug-likeness (QED) is 0.823. The first-order chi connectivity index (χ1) is 8.54. The van der Waals surface area contributed by atoms with Crippen LogP contribution in [0.4, 0.5) is 11.4 Å². The number of nitrogens with one attached hydrogen (secondary N) is 1. The second-order valence-electron chi connectivity index (χ2n) is 5.82. The van der Waals surface area contributed by atoms with E-state index in [2.05, 4.69) is 43.1 Å². The Bertz CT molecular complexity index is 503. The van der Waals surface area contributed by atoms with Gasteiger partial charge in [-0.1, -0.05) is 6.07 Å². The first kappa shape index (κ1) is 11.6. The molecule has 1 aliphatic carbocycles. The van der Waals surface area contributed by atoms with Gasteiger partial charge in [-0.05, 0) is 57.7 Å². The van der Waals surface area contributed by atoms with Gasteiger partial charge >= 0.3 is 0 Å². The van der Waals surface area contributed by atoms with Gasteiger partial charge < -0.3 is 10.2 Å². The third-order valence-corrected chi connectivity index (χ3v) is 4.24. The summed E-state index contributed by atoms with van der Waals surface area (Å²) >= 11 is 0. The molecule has 0 saturated heterocycles. The van der Waals surface area contributed by atoms with E-state index in [0.29, 0.717) is 6.04 Å². The summed E-state index contributed by atoms with van der Waals surface area (Å²) in [5, 5.41) is 3.08. The van der Waals surface area contributed by atoms with Crippen LogP contribution in [-0.4, -0.2) is 17.5 Å². The van der Waals surface area contributed by atoms with Crippen molar-refractivity contribution in [3.8, 4) is 0 Å². The van der Waals surface area contributed by atoms with E-state index in [4.69, 9.17) is 0 Å². The van der Waals surface area contributed by atoms with Crippen molar-refractivity contribution < 1.29 is 4.79 Å². The Morgan fingerprint density at radius 3 is 2.61 bits per heavy atom. The molecule has 3 rings (SSSR count). The van der Waals surface area contributed by atoms with Crippen LogP contribution in [0.25, 0.3) is 0 Å². The highest BCUT2D eigenvalue weighted by atomic mass is 16.2. The lowest BCUT2D eigenvalue weighted by Gasteiger charge is -2.54. The zero-order valence-corrected chi connectivity index (χ0v) is 11.3. The molecule has 2 aliphatic rings. The highest BCUT2D eigenvalue weighted by Gasteiger charge is 2.52. The van der Waals surface area contributed by atoms with E-state index in [0.717, 1.165) is 24.9 Å².